The van der Waals surface area contributed by atoms with Gasteiger partial charge in [0.1, 0.15) is 12.4 Å². The van der Waals surface area contributed by atoms with Gasteiger partial charge < -0.3 is 5.32 Å². The molecular formula is C19H14FN3O2. The first-order valence-corrected chi connectivity index (χ1v) is 7.59. The van der Waals surface area contributed by atoms with E-state index in [0.717, 1.165) is 0 Å². The minimum atomic E-state index is -0.407. The Bertz CT molecular complexity index is 1050. The van der Waals surface area contributed by atoms with Gasteiger partial charge in [-0.25, -0.2) is 9.37 Å². The molecule has 0 atom stereocenters. The third-order valence-electron chi connectivity index (χ3n) is 3.52. The summed E-state index contributed by atoms with van der Waals surface area (Å²) in [5.41, 5.74) is 0.574. The summed E-state index contributed by atoms with van der Waals surface area (Å²) >= 11 is 0. The summed E-state index contributed by atoms with van der Waals surface area (Å²) in [4.78, 5) is 28.4. The number of carbonyl (C=O) groups excluding carboxylic acids is 1. The van der Waals surface area contributed by atoms with E-state index in [1.807, 2.05) is 0 Å². The molecule has 3 aromatic rings. The Morgan fingerprint density at radius 3 is 2.76 bits per heavy atom. The summed E-state index contributed by atoms with van der Waals surface area (Å²) in [5.74, 6) is 4.55. The number of nitrogens with one attached hydrogen (secondary N) is 1. The van der Waals surface area contributed by atoms with Crippen LogP contribution in [0, 0.1) is 17.7 Å². The number of nitrogens with zero attached hydrogens (tertiary/aromatic N) is 2. The minimum Gasteiger partial charge on any atom is -0.344 e. The molecule has 25 heavy (non-hydrogen) atoms. The van der Waals surface area contributed by atoms with Crippen LogP contribution in [0.4, 0.5) is 4.39 Å². The van der Waals surface area contributed by atoms with Crippen molar-refractivity contribution in [1.82, 2.24) is 14.9 Å². The van der Waals surface area contributed by atoms with E-state index in [4.69, 9.17) is 0 Å². The van der Waals surface area contributed by atoms with E-state index >= 15 is 0 Å². The highest BCUT2D eigenvalue weighted by Gasteiger charge is 2.07. The molecule has 1 N–H and O–H groups in total. The Balaban J connectivity index is 1.63. The number of benzene rings is 2. The lowest BCUT2D eigenvalue weighted by molar-refractivity contribution is -0.121. The van der Waals surface area contributed by atoms with Crippen LogP contribution < -0.4 is 10.9 Å². The van der Waals surface area contributed by atoms with Gasteiger partial charge >= 0.3 is 0 Å². The van der Waals surface area contributed by atoms with Gasteiger partial charge in [0, 0.05) is 0 Å². The third kappa shape index (κ3) is 3.90. The zero-order chi connectivity index (χ0) is 17.6. The van der Waals surface area contributed by atoms with Crippen LogP contribution in [0.15, 0.2) is 59.7 Å². The SMILES string of the molecule is O=C(Cn1cnc2ccccc2c1=O)NCC#Cc1ccccc1F. The molecule has 0 aliphatic heterocycles. The van der Waals surface area contributed by atoms with Crippen molar-refractivity contribution >= 4 is 16.8 Å². The van der Waals surface area contributed by atoms with Crippen LogP contribution in [-0.2, 0) is 11.3 Å². The summed E-state index contributed by atoms with van der Waals surface area (Å²) in [5, 5.41) is 3.03. The molecule has 124 valence electrons. The Kier molecular flexibility index (Phi) is 4.86. The normalized spacial score (nSPS) is 10.1. The molecule has 1 amide bonds. The molecule has 0 unspecified atom stereocenters. The number of rotatable bonds is 3. The number of amides is 1. The van der Waals surface area contributed by atoms with Crippen LogP contribution in [-0.4, -0.2) is 22.0 Å². The third-order valence-corrected chi connectivity index (χ3v) is 3.52. The first-order chi connectivity index (χ1) is 12.1. The lowest BCUT2D eigenvalue weighted by atomic mass is 10.2. The average molecular weight is 335 g/mol. The Morgan fingerprint density at radius 1 is 1.16 bits per heavy atom. The molecule has 2 aromatic carbocycles. The van der Waals surface area contributed by atoms with Gasteiger partial charge in [0.15, 0.2) is 0 Å². The van der Waals surface area contributed by atoms with Crippen molar-refractivity contribution in [2.45, 2.75) is 6.54 Å². The molecule has 0 bridgehead atoms. The van der Waals surface area contributed by atoms with Crippen LogP contribution in [0.25, 0.3) is 10.9 Å². The quantitative estimate of drug-likeness (QED) is 0.741. The van der Waals surface area contributed by atoms with Crippen molar-refractivity contribution < 1.29 is 9.18 Å². The van der Waals surface area contributed by atoms with E-state index in [9.17, 15) is 14.0 Å². The van der Waals surface area contributed by atoms with Gasteiger partial charge in [-0.3, -0.25) is 14.2 Å². The van der Waals surface area contributed by atoms with Gasteiger partial charge in [0.2, 0.25) is 5.91 Å². The Hall–Kier alpha value is -3.46. The number of halogens is 1. The van der Waals surface area contributed by atoms with Gasteiger partial charge in [-0.1, -0.05) is 36.1 Å². The highest BCUT2D eigenvalue weighted by molar-refractivity contribution is 5.79. The smallest absolute Gasteiger partial charge is 0.261 e. The van der Waals surface area contributed by atoms with E-state index in [1.54, 1.807) is 42.5 Å². The standard InChI is InChI=1S/C19H14FN3O2/c20-16-9-3-1-6-14(16)7-5-11-21-18(24)12-23-13-22-17-10-4-2-8-15(17)19(23)25/h1-4,6,8-10,13H,11-12H2,(H,21,24). The van der Waals surface area contributed by atoms with E-state index in [-0.39, 0.29) is 30.1 Å². The van der Waals surface area contributed by atoms with Crippen molar-refractivity contribution in [3.8, 4) is 11.8 Å². The fourth-order valence-electron chi connectivity index (χ4n) is 2.27. The van der Waals surface area contributed by atoms with E-state index < -0.39 is 5.82 Å². The molecule has 0 aliphatic carbocycles. The van der Waals surface area contributed by atoms with Gasteiger partial charge in [-0.15, -0.1) is 0 Å². The Labute approximate surface area is 143 Å². The molecule has 0 spiro atoms. The second kappa shape index (κ2) is 7.41. The molecule has 0 radical (unpaired) electrons. The van der Waals surface area contributed by atoms with Gasteiger partial charge in [0.25, 0.3) is 5.56 Å². The number of hydrogen-bond donors (Lipinski definition) is 1. The maximum atomic E-state index is 13.4. The Morgan fingerprint density at radius 2 is 1.92 bits per heavy atom. The molecule has 0 fully saturated rings. The molecule has 5 nitrogen and oxygen atoms in total. The van der Waals surface area contributed by atoms with Crippen LogP contribution >= 0.6 is 0 Å². The van der Waals surface area contributed by atoms with Gasteiger partial charge in [0.05, 0.1) is 29.3 Å². The van der Waals surface area contributed by atoms with Gasteiger partial charge in [-0.05, 0) is 24.3 Å². The molecule has 0 aliphatic rings. The molecule has 0 saturated heterocycles. The summed E-state index contributed by atoms with van der Waals surface area (Å²) in [6, 6.07) is 13.1. The topological polar surface area (TPSA) is 64.0 Å². The largest absolute Gasteiger partial charge is 0.344 e. The fourth-order valence-corrected chi connectivity index (χ4v) is 2.27. The number of fused-ring (bicyclic) bond motifs is 1. The van der Waals surface area contributed by atoms with Crippen molar-refractivity contribution in [3.05, 3.63) is 76.6 Å². The maximum Gasteiger partial charge on any atom is 0.261 e. The number of hydrogen-bond acceptors (Lipinski definition) is 3. The lowest BCUT2D eigenvalue weighted by Crippen LogP contribution is -2.32. The predicted molar refractivity (Wildman–Crippen MR) is 92.3 cm³/mol. The summed E-state index contributed by atoms with van der Waals surface area (Å²) in [6.45, 7) is -0.0963. The zero-order valence-corrected chi connectivity index (χ0v) is 13.2. The number of aromatic nitrogens is 2. The molecule has 6 heteroatoms. The van der Waals surface area contributed by atoms with Crippen LogP contribution in [0.1, 0.15) is 5.56 Å². The van der Waals surface area contributed by atoms with Crippen molar-refractivity contribution in [1.29, 1.82) is 0 Å². The summed E-state index contributed by atoms with van der Waals surface area (Å²) in [7, 11) is 0. The van der Waals surface area contributed by atoms with Crippen LogP contribution in [0.3, 0.4) is 0 Å². The first-order valence-electron chi connectivity index (χ1n) is 7.59. The zero-order valence-electron chi connectivity index (χ0n) is 13.2. The molecular weight excluding hydrogens is 321 g/mol. The predicted octanol–water partition coefficient (Wildman–Crippen LogP) is 1.70. The van der Waals surface area contributed by atoms with E-state index in [0.29, 0.717) is 10.9 Å². The highest BCUT2D eigenvalue weighted by atomic mass is 19.1. The van der Waals surface area contributed by atoms with Gasteiger partial charge in [-0.2, -0.15) is 0 Å². The van der Waals surface area contributed by atoms with Crippen molar-refractivity contribution in [3.63, 3.8) is 0 Å². The summed E-state index contributed by atoms with van der Waals surface area (Å²) < 4.78 is 14.6. The van der Waals surface area contributed by atoms with Crippen molar-refractivity contribution in [2.24, 2.45) is 0 Å². The molecule has 1 aromatic heterocycles. The van der Waals surface area contributed by atoms with E-state index in [2.05, 4.69) is 22.1 Å². The number of para-hydroxylation sites is 1. The highest BCUT2D eigenvalue weighted by Crippen LogP contribution is 2.04. The van der Waals surface area contributed by atoms with Crippen molar-refractivity contribution in [2.75, 3.05) is 6.54 Å². The monoisotopic (exact) mass is 335 g/mol. The number of carbonyl (C=O) groups is 1. The molecule has 1 heterocycles. The second-order valence-electron chi connectivity index (χ2n) is 5.25. The molecule has 0 saturated carbocycles. The van der Waals surface area contributed by atoms with Crippen LogP contribution in [0.5, 0.6) is 0 Å². The fraction of sp³-hybridized carbons (Fsp3) is 0.105. The first kappa shape index (κ1) is 16.4. The second-order valence-corrected chi connectivity index (χ2v) is 5.25. The molecule has 3 rings (SSSR count). The average Bonchev–Trinajstić information content (AvgIpc) is 2.63. The summed E-state index contributed by atoms with van der Waals surface area (Å²) in [6.07, 6.45) is 1.34. The maximum absolute atomic E-state index is 13.4. The van der Waals surface area contributed by atoms with E-state index in [1.165, 1.54) is 17.0 Å². The van der Waals surface area contributed by atoms with Crippen LogP contribution in [0.2, 0.25) is 0 Å². The minimum absolute atomic E-state index is 0.0585. The lowest BCUT2D eigenvalue weighted by Gasteiger charge is -2.06.